The van der Waals surface area contributed by atoms with Crippen LogP contribution in [0.1, 0.15) is 25.0 Å². The molecule has 4 nitrogen and oxygen atoms in total. The first-order valence-corrected chi connectivity index (χ1v) is 5.28. The lowest BCUT2D eigenvalue weighted by Crippen LogP contribution is -2.48. The van der Waals surface area contributed by atoms with E-state index >= 15 is 0 Å². The van der Waals surface area contributed by atoms with Crippen LogP contribution in [0, 0.1) is 18.3 Å². The summed E-state index contributed by atoms with van der Waals surface area (Å²) in [5, 5.41) is 18.2. The lowest BCUT2D eigenvalue weighted by molar-refractivity contribution is -0.142. The topological polar surface area (TPSA) is 64.3 Å². The van der Waals surface area contributed by atoms with Crippen molar-refractivity contribution in [2.24, 2.45) is 0 Å². The molecule has 0 aliphatic rings. The molecule has 1 rings (SSSR count). The van der Waals surface area contributed by atoms with Gasteiger partial charge in [-0.3, -0.25) is 0 Å². The van der Waals surface area contributed by atoms with E-state index in [-0.39, 0.29) is 0 Å². The van der Waals surface area contributed by atoms with Crippen molar-refractivity contribution in [2.75, 3.05) is 11.9 Å². The van der Waals surface area contributed by atoms with E-state index in [4.69, 9.17) is 5.26 Å². The molecule has 0 saturated heterocycles. The molecule has 0 fully saturated rings. The average molecular weight is 232 g/mol. The Balaban J connectivity index is 3.30. The number of benzene rings is 1. The standard InChI is InChI=1S/C13H16N2O2/c1-9-5-6-10(8-14)11(7-9)15(4)13(2,3)12(16)17/h5-7H,1-4H3,(H,16,17). The molecule has 0 aliphatic heterocycles. The zero-order valence-electron chi connectivity index (χ0n) is 10.5. The maximum Gasteiger partial charge on any atom is 0.328 e. The van der Waals surface area contributed by atoms with E-state index < -0.39 is 11.5 Å². The number of nitrogens with zero attached hydrogens (tertiary/aromatic N) is 2. The minimum atomic E-state index is -1.06. The molecule has 0 atom stereocenters. The van der Waals surface area contributed by atoms with Gasteiger partial charge in [-0.15, -0.1) is 0 Å². The number of aliphatic carboxylic acids is 1. The van der Waals surface area contributed by atoms with Gasteiger partial charge in [-0.05, 0) is 38.5 Å². The van der Waals surface area contributed by atoms with Gasteiger partial charge < -0.3 is 10.0 Å². The van der Waals surface area contributed by atoms with Crippen molar-refractivity contribution in [3.05, 3.63) is 29.3 Å². The summed E-state index contributed by atoms with van der Waals surface area (Å²) in [5.41, 5.74) is 1.05. The molecule has 0 unspecified atom stereocenters. The highest BCUT2D eigenvalue weighted by atomic mass is 16.4. The van der Waals surface area contributed by atoms with Crippen molar-refractivity contribution in [2.45, 2.75) is 26.3 Å². The minimum Gasteiger partial charge on any atom is -0.480 e. The van der Waals surface area contributed by atoms with E-state index in [1.807, 2.05) is 19.1 Å². The van der Waals surface area contributed by atoms with Crippen LogP contribution in [0.4, 0.5) is 5.69 Å². The first-order chi connectivity index (χ1) is 7.80. The molecule has 0 saturated carbocycles. The van der Waals surface area contributed by atoms with Crippen molar-refractivity contribution < 1.29 is 9.90 Å². The smallest absolute Gasteiger partial charge is 0.328 e. The third-order valence-electron chi connectivity index (χ3n) is 3.00. The van der Waals surface area contributed by atoms with Crippen molar-refractivity contribution in [1.29, 1.82) is 5.26 Å². The summed E-state index contributed by atoms with van der Waals surface area (Å²) < 4.78 is 0. The summed E-state index contributed by atoms with van der Waals surface area (Å²) in [4.78, 5) is 12.8. The maximum atomic E-state index is 11.2. The molecule has 90 valence electrons. The predicted molar refractivity (Wildman–Crippen MR) is 66.0 cm³/mol. The van der Waals surface area contributed by atoms with Gasteiger partial charge in [0.2, 0.25) is 0 Å². The van der Waals surface area contributed by atoms with Gasteiger partial charge in [-0.25, -0.2) is 4.79 Å². The van der Waals surface area contributed by atoms with Crippen LogP contribution in [0.3, 0.4) is 0 Å². The van der Waals surface area contributed by atoms with Crippen molar-refractivity contribution in [3.8, 4) is 6.07 Å². The predicted octanol–water partition coefficient (Wildman–Crippen LogP) is 2.17. The largest absolute Gasteiger partial charge is 0.480 e. The first-order valence-electron chi connectivity index (χ1n) is 5.28. The molecule has 17 heavy (non-hydrogen) atoms. The zero-order chi connectivity index (χ0) is 13.2. The van der Waals surface area contributed by atoms with Gasteiger partial charge in [0, 0.05) is 7.05 Å². The first kappa shape index (κ1) is 13.0. The van der Waals surface area contributed by atoms with Crippen molar-refractivity contribution in [1.82, 2.24) is 0 Å². The van der Waals surface area contributed by atoms with Crippen molar-refractivity contribution >= 4 is 11.7 Å². The highest BCUT2D eigenvalue weighted by Crippen LogP contribution is 2.27. The average Bonchev–Trinajstić information content (AvgIpc) is 2.27. The number of anilines is 1. The molecule has 0 aromatic heterocycles. The van der Waals surface area contributed by atoms with Gasteiger partial charge in [0.1, 0.15) is 11.6 Å². The molecule has 1 aromatic carbocycles. The summed E-state index contributed by atoms with van der Waals surface area (Å²) in [6, 6.07) is 7.45. The number of hydrogen-bond donors (Lipinski definition) is 1. The Bertz CT molecular complexity index is 487. The molecule has 0 bridgehead atoms. The van der Waals surface area contributed by atoms with Crippen LogP contribution in [0.5, 0.6) is 0 Å². The van der Waals surface area contributed by atoms with Gasteiger partial charge in [0.25, 0.3) is 0 Å². The van der Waals surface area contributed by atoms with Gasteiger partial charge in [0.05, 0.1) is 11.3 Å². The van der Waals surface area contributed by atoms with E-state index in [0.717, 1.165) is 5.56 Å². The Labute approximate surface area is 101 Å². The number of rotatable bonds is 3. The molecule has 0 heterocycles. The van der Waals surface area contributed by atoms with Crippen LogP contribution in [0.25, 0.3) is 0 Å². The zero-order valence-corrected chi connectivity index (χ0v) is 10.5. The molecule has 0 spiro atoms. The van der Waals surface area contributed by atoms with E-state index in [9.17, 15) is 9.90 Å². The van der Waals surface area contributed by atoms with E-state index in [2.05, 4.69) is 6.07 Å². The van der Waals surface area contributed by atoms with E-state index in [0.29, 0.717) is 11.3 Å². The molecule has 1 aromatic rings. The highest BCUT2D eigenvalue weighted by Gasteiger charge is 2.33. The van der Waals surface area contributed by atoms with Gasteiger partial charge in [0.15, 0.2) is 0 Å². The Morgan fingerprint density at radius 3 is 2.53 bits per heavy atom. The van der Waals surface area contributed by atoms with Crippen LogP contribution >= 0.6 is 0 Å². The Kier molecular flexibility index (Phi) is 3.42. The Hall–Kier alpha value is -2.02. The second-order valence-electron chi connectivity index (χ2n) is 4.56. The number of carbonyl (C=O) groups is 1. The quantitative estimate of drug-likeness (QED) is 0.867. The fourth-order valence-electron chi connectivity index (χ4n) is 1.46. The summed E-state index contributed by atoms with van der Waals surface area (Å²) in [7, 11) is 1.68. The molecule has 1 N–H and O–H groups in total. The van der Waals surface area contributed by atoms with Gasteiger partial charge in [-0.2, -0.15) is 5.26 Å². The van der Waals surface area contributed by atoms with Crippen LogP contribution in [-0.2, 0) is 4.79 Å². The normalized spacial score (nSPS) is 10.8. The number of nitriles is 1. The summed E-state index contributed by atoms with van der Waals surface area (Å²) in [5.74, 6) is -0.926. The van der Waals surface area contributed by atoms with Crippen molar-refractivity contribution in [3.63, 3.8) is 0 Å². The third kappa shape index (κ3) is 2.39. The number of likely N-dealkylation sites (N-methyl/N-ethyl adjacent to an activating group) is 1. The van der Waals surface area contributed by atoms with E-state index in [1.54, 1.807) is 31.9 Å². The molecular weight excluding hydrogens is 216 g/mol. The second kappa shape index (κ2) is 4.46. The summed E-state index contributed by atoms with van der Waals surface area (Å²) in [6.07, 6.45) is 0. The van der Waals surface area contributed by atoms with Crippen LogP contribution in [-0.4, -0.2) is 23.7 Å². The number of carboxylic acids is 1. The summed E-state index contributed by atoms with van der Waals surface area (Å²) >= 11 is 0. The fourth-order valence-corrected chi connectivity index (χ4v) is 1.46. The number of carboxylic acid groups (broad SMARTS) is 1. The van der Waals surface area contributed by atoms with Gasteiger partial charge >= 0.3 is 5.97 Å². The number of aryl methyl sites for hydroxylation is 1. The highest BCUT2D eigenvalue weighted by molar-refractivity contribution is 5.83. The van der Waals surface area contributed by atoms with E-state index in [1.165, 1.54) is 0 Å². The SMILES string of the molecule is Cc1ccc(C#N)c(N(C)C(C)(C)C(=O)O)c1. The van der Waals surface area contributed by atoms with Crippen LogP contribution < -0.4 is 4.90 Å². The minimum absolute atomic E-state index is 0.479. The molecular formula is C13H16N2O2. The number of hydrogen-bond acceptors (Lipinski definition) is 3. The van der Waals surface area contributed by atoms with Crippen LogP contribution in [0.15, 0.2) is 18.2 Å². The molecule has 4 heteroatoms. The molecule has 0 aliphatic carbocycles. The monoisotopic (exact) mass is 232 g/mol. The lowest BCUT2D eigenvalue weighted by atomic mass is 10.0. The Morgan fingerprint density at radius 2 is 2.06 bits per heavy atom. The van der Waals surface area contributed by atoms with Crippen LogP contribution in [0.2, 0.25) is 0 Å². The maximum absolute atomic E-state index is 11.2. The molecule has 0 amide bonds. The Morgan fingerprint density at radius 1 is 1.47 bits per heavy atom. The summed E-state index contributed by atoms with van der Waals surface area (Å²) in [6.45, 7) is 5.13. The van der Waals surface area contributed by atoms with Gasteiger partial charge in [-0.1, -0.05) is 6.07 Å². The lowest BCUT2D eigenvalue weighted by Gasteiger charge is -2.34. The second-order valence-corrected chi connectivity index (χ2v) is 4.56. The third-order valence-corrected chi connectivity index (χ3v) is 3.00. The molecule has 0 radical (unpaired) electrons. The fraction of sp³-hybridized carbons (Fsp3) is 0.385.